The Kier molecular flexibility index (Phi) is 3.90. The van der Waals surface area contributed by atoms with Crippen LogP contribution in [0.1, 0.15) is 13.3 Å². The van der Waals surface area contributed by atoms with Crippen molar-refractivity contribution in [2.75, 3.05) is 33.2 Å². The maximum atomic E-state index is 11.8. The van der Waals surface area contributed by atoms with Gasteiger partial charge in [0.05, 0.1) is 6.07 Å². The molecule has 0 aromatic carbocycles. The van der Waals surface area contributed by atoms with Gasteiger partial charge in [0.25, 0.3) is 0 Å². The Labute approximate surface area is 85.1 Å². The number of hydrogen-bond acceptors (Lipinski definition) is 3. The number of nitrogens with zero attached hydrogens (tertiary/aromatic N) is 3. The first-order valence-electron chi connectivity index (χ1n) is 4.99. The Balaban J connectivity index is 2.42. The van der Waals surface area contributed by atoms with Gasteiger partial charge >= 0.3 is 0 Å². The summed E-state index contributed by atoms with van der Waals surface area (Å²) in [6.45, 7) is 5.29. The van der Waals surface area contributed by atoms with Crippen molar-refractivity contribution in [3.63, 3.8) is 0 Å². The molecule has 0 bridgehead atoms. The molecule has 4 nitrogen and oxygen atoms in total. The highest BCUT2D eigenvalue weighted by atomic mass is 16.2. The maximum Gasteiger partial charge on any atom is 0.226 e. The number of rotatable bonds is 2. The van der Waals surface area contributed by atoms with Crippen molar-refractivity contribution in [3.05, 3.63) is 0 Å². The van der Waals surface area contributed by atoms with Gasteiger partial charge in [-0.3, -0.25) is 4.79 Å². The minimum Gasteiger partial charge on any atom is -0.340 e. The van der Waals surface area contributed by atoms with Crippen molar-refractivity contribution in [1.82, 2.24) is 9.80 Å². The van der Waals surface area contributed by atoms with Crippen LogP contribution < -0.4 is 0 Å². The molecule has 1 rings (SSSR count). The minimum atomic E-state index is -0.150. The van der Waals surface area contributed by atoms with Crippen molar-refractivity contribution in [2.45, 2.75) is 13.3 Å². The van der Waals surface area contributed by atoms with E-state index in [2.05, 4.69) is 11.9 Å². The van der Waals surface area contributed by atoms with Crippen LogP contribution in [0.2, 0.25) is 0 Å². The van der Waals surface area contributed by atoms with Crippen LogP contribution in [-0.2, 0) is 4.79 Å². The Morgan fingerprint density at radius 3 is 2.50 bits per heavy atom. The van der Waals surface area contributed by atoms with Gasteiger partial charge < -0.3 is 9.80 Å². The van der Waals surface area contributed by atoms with E-state index in [-0.39, 0.29) is 11.8 Å². The summed E-state index contributed by atoms with van der Waals surface area (Å²) in [5.41, 5.74) is 0. The lowest BCUT2D eigenvalue weighted by atomic mass is 10.1. The van der Waals surface area contributed by atoms with Crippen LogP contribution in [0.3, 0.4) is 0 Å². The average molecular weight is 195 g/mol. The lowest BCUT2D eigenvalue weighted by Crippen LogP contribution is -2.48. The molecule has 1 heterocycles. The summed E-state index contributed by atoms with van der Waals surface area (Å²) in [7, 11) is 2.06. The molecule has 0 aromatic rings. The van der Waals surface area contributed by atoms with Crippen molar-refractivity contribution < 1.29 is 4.79 Å². The van der Waals surface area contributed by atoms with Crippen molar-refractivity contribution in [2.24, 2.45) is 5.92 Å². The number of hydrogen-bond donors (Lipinski definition) is 0. The minimum absolute atomic E-state index is 0.125. The first kappa shape index (κ1) is 11.0. The van der Waals surface area contributed by atoms with Gasteiger partial charge in [0, 0.05) is 38.5 Å². The molecule has 0 N–H and O–H groups in total. The second-order valence-electron chi connectivity index (χ2n) is 3.89. The molecule has 1 unspecified atom stereocenters. The van der Waals surface area contributed by atoms with Crippen molar-refractivity contribution in [1.29, 1.82) is 5.26 Å². The van der Waals surface area contributed by atoms with E-state index in [9.17, 15) is 4.79 Å². The summed E-state index contributed by atoms with van der Waals surface area (Å²) in [6, 6.07) is 2.04. The van der Waals surface area contributed by atoms with E-state index in [1.807, 2.05) is 17.9 Å². The van der Waals surface area contributed by atoms with E-state index in [1.54, 1.807) is 0 Å². The lowest BCUT2D eigenvalue weighted by Gasteiger charge is -2.33. The van der Waals surface area contributed by atoms with Crippen LogP contribution in [0, 0.1) is 17.2 Å². The van der Waals surface area contributed by atoms with Crippen LogP contribution in [0.5, 0.6) is 0 Å². The maximum absolute atomic E-state index is 11.8. The summed E-state index contributed by atoms with van der Waals surface area (Å²) < 4.78 is 0. The lowest BCUT2D eigenvalue weighted by molar-refractivity contribution is -0.136. The van der Waals surface area contributed by atoms with Gasteiger partial charge in [0.1, 0.15) is 0 Å². The zero-order chi connectivity index (χ0) is 10.6. The molecule has 0 spiro atoms. The smallest absolute Gasteiger partial charge is 0.226 e. The predicted molar refractivity (Wildman–Crippen MR) is 53.5 cm³/mol. The molecule has 1 fully saturated rings. The highest BCUT2D eigenvalue weighted by Gasteiger charge is 2.23. The molecule has 1 atom stereocenters. The molecule has 1 aliphatic heterocycles. The molecule has 0 radical (unpaired) electrons. The van der Waals surface area contributed by atoms with E-state index in [0.29, 0.717) is 6.42 Å². The molecule has 0 saturated carbocycles. The highest BCUT2D eigenvalue weighted by Crippen LogP contribution is 2.08. The quantitative estimate of drug-likeness (QED) is 0.637. The largest absolute Gasteiger partial charge is 0.340 e. The first-order valence-corrected chi connectivity index (χ1v) is 4.99. The predicted octanol–water partition coefficient (Wildman–Crippen LogP) is 0.310. The van der Waals surface area contributed by atoms with Crippen LogP contribution >= 0.6 is 0 Å². The van der Waals surface area contributed by atoms with Gasteiger partial charge in [-0.1, -0.05) is 6.92 Å². The van der Waals surface area contributed by atoms with Crippen LogP contribution in [0.4, 0.5) is 0 Å². The topological polar surface area (TPSA) is 47.3 Å². The van der Waals surface area contributed by atoms with E-state index < -0.39 is 0 Å². The average Bonchev–Trinajstić information content (AvgIpc) is 2.18. The van der Waals surface area contributed by atoms with E-state index in [1.165, 1.54) is 0 Å². The van der Waals surface area contributed by atoms with Crippen LogP contribution in [0.15, 0.2) is 0 Å². The van der Waals surface area contributed by atoms with Crippen LogP contribution in [-0.4, -0.2) is 48.9 Å². The second-order valence-corrected chi connectivity index (χ2v) is 3.89. The third kappa shape index (κ3) is 2.71. The van der Waals surface area contributed by atoms with Gasteiger partial charge in [-0.2, -0.15) is 5.26 Å². The molecule has 1 aliphatic rings. The van der Waals surface area contributed by atoms with Gasteiger partial charge in [-0.25, -0.2) is 0 Å². The number of nitriles is 1. The first-order chi connectivity index (χ1) is 6.65. The fraction of sp³-hybridized carbons (Fsp3) is 0.800. The summed E-state index contributed by atoms with van der Waals surface area (Å²) in [4.78, 5) is 15.8. The molecule has 14 heavy (non-hydrogen) atoms. The fourth-order valence-electron chi connectivity index (χ4n) is 1.56. The highest BCUT2D eigenvalue weighted by molar-refractivity contribution is 5.78. The van der Waals surface area contributed by atoms with Gasteiger partial charge in [0.15, 0.2) is 0 Å². The SMILES string of the molecule is CC(CC#N)C(=O)N1CCN(C)CC1. The van der Waals surface area contributed by atoms with Gasteiger partial charge in [-0.05, 0) is 7.05 Å². The molecular formula is C10H17N3O. The molecular weight excluding hydrogens is 178 g/mol. The van der Waals surface area contributed by atoms with Crippen molar-refractivity contribution >= 4 is 5.91 Å². The normalized spacial score (nSPS) is 20.2. The molecule has 78 valence electrons. The molecule has 0 aromatic heterocycles. The Bertz CT molecular complexity index is 238. The van der Waals surface area contributed by atoms with Gasteiger partial charge in [-0.15, -0.1) is 0 Å². The standard InChI is InChI=1S/C10H17N3O/c1-9(3-4-11)10(14)13-7-5-12(2)6-8-13/h9H,3,5-8H2,1-2H3. The zero-order valence-electron chi connectivity index (χ0n) is 8.86. The molecule has 1 saturated heterocycles. The number of piperazine rings is 1. The number of amides is 1. The monoisotopic (exact) mass is 195 g/mol. The summed E-state index contributed by atoms with van der Waals surface area (Å²) >= 11 is 0. The van der Waals surface area contributed by atoms with Crippen molar-refractivity contribution in [3.8, 4) is 6.07 Å². The van der Waals surface area contributed by atoms with E-state index >= 15 is 0 Å². The third-order valence-electron chi connectivity index (χ3n) is 2.63. The van der Waals surface area contributed by atoms with E-state index in [4.69, 9.17) is 5.26 Å². The molecule has 0 aliphatic carbocycles. The van der Waals surface area contributed by atoms with E-state index in [0.717, 1.165) is 26.2 Å². The summed E-state index contributed by atoms with van der Waals surface area (Å²) in [5, 5.41) is 8.50. The number of carbonyl (C=O) groups excluding carboxylic acids is 1. The summed E-state index contributed by atoms with van der Waals surface area (Å²) in [5.74, 6) is -0.0249. The molecule has 1 amide bonds. The van der Waals surface area contributed by atoms with Crippen LogP contribution in [0.25, 0.3) is 0 Å². The Morgan fingerprint density at radius 2 is 2.00 bits per heavy atom. The number of likely N-dealkylation sites (N-methyl/N-ethyl adjacent to an activating group) is 1. The Morgan fingerprint density at radius 1 is 1.43 bits per heavy atom. The Hall–Kier alpha value is -1.08. The third-order valence-corrected chi connectivity index (χ3v) is 2.63. The second kappa shape index (κ2) is 4.97. The fourth-order valence-corrected chi connectivity index (χ4v) is 1.56. The zero-order valence-corrected chi connectivity index (χ0v) is 8.86. The number of carbonyl (C=O) groups is 1. The molecule has 4 heteroatoms. The van der Waals surface area contributed by atoms with Gasteiger partial charge in [0.2, 0.25) is 5.91 Å². The summed E-state index contributed by atoms with van der Waals surface area (Å²) in [6.07, 6.45) is 0.325.